The van der Waals surface area contributed by atoms with Crippen molar-refractivity contribution in [2.24, 2.45) is 0 Å². The first kappa shape index (κ1) is 18.7. The molecule has 0 saturated heterocycles. The summed E-state index contributed by atoms with van der Waals surface area (Å²) >= 11 is 0. The van der Waals surface area contributed by atoms with E-state index in [-0.39, 0.29) is 0 Å². The highest BCUT2D eigenvalue weighted by atomic mass is 16.5. The minimum absolute atomic E-state index is 0.563. The van der Waals surface area contributed by atoms with E-state index in [9.17, 15) is 0 Å². The molecular weight excluding hydrogens is 326 g/mol. The van der Waals surface area contributed by atoms with Crippen molar-refractivity contribution in [2.75, 3.05) is 26.4 Å². The van der Waals surface area contributed by atoms with Gasteiger partial charge in [-0.05, 0) is 42.7 Å². The third-order valence-corrected chi connectivity index (χ3v) is 4.60. The van der Waals surface area contributed by atoms with Gasteiger partial charge in [0.2, 0.25) is 0 Å². The molecule has 0 bridgehead atoms. The molecule has 26 heavy (non-hydrogen) atoms. The average Bonchev–Trinajstić information content (AvgIpc) is 3.21. The standard InChI is InChI=1S/C22H29NO3/c1-2-6-19(7-3-1)18-26-22-12-10-21(11-13-22)25-17-16-24-15-14-23-20-8-4-5-9-20/h1-3,6-7,10-13,20,23H,4-5,8-9,14-18H2. The van der Waals surface area contributed by atoms with Crippen LogP contribution in [0.4, 0.5) is 0 Å². The number of benzene rings is 2. The fourth-order valence-corrected chi connectivity index (χ4v) is 3.16. The van der Waals surface area contributed by atoms with Crippen molar-refractivity contribution < 1.29 is 14.2 Å². The van der Waals surface area contributed by atoms with Crippen molar-refractivity contribution in [3.63, 3.8) is 0 Å². The summed E-state index contributed by atoms with van der Waals surface area (Å²) in [6.07, 6.45) is 5.35. The van der Waals surface area contributed by atoms with E-state index in [2.05, 4.69) is 17.4 Å². The van der Waals surface area contributed by atoms with Gasteiger partial charge in [-0.15, -0.1) is 0 Å². The molecule has 1 aliphatic carbocycles. The second-order valence-corrected chi connectivity index (χ2v) is 6.64. The first-order valence-corrected chi connectivity index (χ1v) is 9.61. The molecule has 0 unspecified atom stereocenters. The minimum atomic E-state index is 0.563. The van der Waals surface area contributed by atoms with Crippen LogP contribution in [0.25, 0.3) is 0 Å². The van der Waals surface area contributed by atoms with Crippen LogP contribution in [0.1, 0.15) is 31.2 Å². The van der Waals surface area contributed by atoms with Gasteiger partial charge < -0.3 is 19.5 Å². The van der Waals surface area contributed by atoms with Crippen molar-refractivity contribution in [1.82, 2.24) is 5.32 Å². The van der Waals surface area contributed by atoms with Gasteiger partial charge in [-0.2, -0.15) is 0 Å². The summed E-state index contributed by atoms with van der Waals surface area (Å²) in [5.74, 6) is 1.68. The van der Waals surface area contributed by atoms with E-state index in [1.54, 1.807) is 0 Å². The van der Waals surface area contributed by atoms with E-state index in [1.165, 1.54) is 25.7 Å². The van der Waals surface area contributed by atoms with E-state index in [4.69, 9.17) is 14.2 Å². The van der Waals surface area contributed by atoms with Crippen LogP contribution >= 0.6 is 0 Å². The van der Waals surface area contributed by atoms with Crippen LogP contribution in [0.15, 0.2) is 54.6 Å². The summed E-state index contributed by atoms with van der Waals surface area (Å²) < 4.78 is 17.1. The number of hydrogen-bond acceptors (Lipinski definition) is 4. The Bertz CT molecular complexity index is 609. The monoisotopic (exact) mass is 355 g/mol. The third kappa shape index (κ3) is 6.70. The lowest BCUT2D eigenvalue weighted by atomic mass is 10.2. The predicted octanol–water partition coefficient (Wildman–Crippen LogP) is 4.19. The molecule has 3 rings (SSSR count). The van der Waals surface area contributed by atoms with Crippen LogP contribution in [-0.4, -0.2) is 32.4 Å². The van der Waals surface area contributed by atoms with Gasteiger partial charge in [0.05, 0.1) is 13.2 Å². The molecule has 1 aliphatic rings. The molecule has 0 radical (unpaired) electrons. The lowest BCUT2D eigenvalue weighted by molar-refractivity contribution is 0.100. The quantitative estimate of drug-likeness (QED) is 0.614. The lowest BCUT2D eigenvalue weighted by Gasteiger charge is -2.12. The Balaban J connectivity index is 1.24. The minimum Gasteiger partial charge on any atom is -0.491 e. The summed E-state index contributed by atoms with van der Waals surface area (Å²) in [5, 5.41) is 3.54. The average molecular weight is 355 g/mol. The van der Waals surface area contributed by atoms with Crippen molar-refractivity contribution >= 4 is 0 Å². The van der Waals surface area contributed by atoms with E-state index >= 15 is 0 Å². The summed E-state index contributed by atoms with van der Waals surface area (Å²) in [7, 11) is 0. The molecule has 0 spiro atoms. The van der Waals surface area contributed by atoms with E-state index in [0.29, 0.717) is 25.9 Å². The molecule has 4 heteroatoms. The molecule has 140 valence electrons. The number of ether oxygens (including phenoxy) is 3. The zero-order valence-corrected chi connectivity index (χ0v) is 15.4. The van der Waals surface area contributed by atoms with Crippen LogP contribution in [0, 0.1) is 0 Å². The molecule has 0 atom stereocenters. The fourth-order valence-electron chi connectivity index (χ4n) is 3.16. The van der Waals surface area contributed by atoms with Crippen LogP contribution in [0.2, 0.25) is 0 Å². The molecule has 1 saturated carbocycles. The second-order valence-electron chi connectivity index (χ2n) is 6.64. The van der Waals surface area contributed by atoms with Crippen LogP contribution in [-0.2, 0) is 11.3 Å². The van der Waals surface area contributed by atoms with Crippen molar-refractivity contribution in [2.45, 2.75) is 38.3 Å². The van der Waals surface area contributed by atoms with Crippen molar-refractivity contribution in [3.8, 4) is 11.5 Å². The number of rotatable bonds is 11. The fraction of sp³-hybridized carbons (Fsp3) is 0.455. The largest absolute Gasteiger partial charge is 0.491 e. The van der Waals surface area contributed by atoms with Crippen molar-refractivity contribution in [3.05, 3.63) is 60.2 Å². The van der Waals surface area contributed by atoms with Gasteiger partial charge in [-0.1, -0.05) is 43.2 Å². The summed E-state index contributed by atoms with van der Waals surface area (Å²) in [5.41, 5.74) is 1.16. The van der Waals surface area contributed by atoms with Crippen LogP contribution < -0.4 is 14.8 Å². The Labute approximate surface area is 156 Å². The summed E-state index contributed by atoms with van der Waals surface area (Å²) in [4.78, 5) is 0. The molecule has 0 heterocycles. The molecule has 1 fully saturated rings. The van der Waals surface area contributed by atoms with Crippen molar-refractivity contribution in [1.29, 1.82) is 0 Å². The van der Waals surface area contributed by atoms with Gasteiger partial charge in [-0.3, -0.25) is 0 Å². The van der Waals surface area contributed by atoms with Gasteiger partial charge in [0, 0.05) is 12.6 Å². The lowest BCUT2D eigenvalue weighted by Crippen LogP contribution is -2.29. The van der Waals surface area contributed by atoms with Gasteiger partial charge in [0.1, 0.15) is 24.7 Å². The Kier molecular flexibility index (Phi) is 7.81. The maximum absolute atomic E-state index is 5.77. The maximum Gasteiger partial charge on any atom is 0.120 e. The van der Waals surface area contributed by atoms with E-state index in [0.717, 1.165) is 30.2 Å². The molecule has 0 amide bonds. The summed E-state index contributed by atoms with van der Waals surface area (Å²) in [6.45, 7) is 3.42. The Morgan fingerprint density at radius 1 is 0.769 bits per heavy atom. The maximum atomic E-state index is 5.77. The van der Waals surface area contributed by atoms with Crippen LogP contribution in [0.5, 0.6) is 11.5 Å². The smallest absolute Gasteiger partial charge is 0.120 e. The Morgan fingerprint density at radius 2 is 1.46 bits per heavy atom. The SMILES string of the molecule is c1ccc(COc2ccc(OCCOCCNC3CCCC3)cc2)cc1. The normalized spacial score (nSPS) is 14.5. The molecule has 1 N–H and O–H groups in total. The first-order valence-electron chi connectivity index (χ1n) is 9.61. The van der Waals surface area contributed by atoms with Gasteiger partial charge >= 0.3 is 0 Å². The predicted molar refractivity (Wildman–Crippen MR) is 104 cm³/mol. The van der Waals surface area contributed by atoms with E-state index in [1.807, 2.05) is 42.5 Å². The number of nitrogens with one attached hydrogen (secondary N) is 1. The Hall–Kier alpha value is -2.04. The highest BCUT2D eigenvalue weighted by Crippen LogP contribution is 2.19. The highest BCUT2D eigenvalue weighted by Gasteiger charge is 2.13. The molecule has 2 aromatic carbocycles. The van der Waals surface area contributed by atoms with Gasteiger partial charge in [0.15, 0.2) is 0 Å². The molecule has 0 aliphatic heterocycles. The summed E-state index contributed by atoms with van der Waals surface area (Å²) in [6, 6.07) is 18.6. The first-order chi connectivity index (χ1) is 12.9. The van der Waals surface area contributed by atoms with E-state index < -0.39 is 0 Å². The Morgan fingerprint density at radius 3 is 2.19 bits per heavy atom. The molecule has 0 aromatic heterocycles. The molecule has 2 aromatic rings. The number of hydrogen-bond donors (Lipinski definition) is 1. The van der Waals surface area contributed by atoms with Crippen LogP contribution in [0.3, 0.4) is 0 Å². The zero-order valence-electron chi connectivity index (χ0n) is 15.4. The third-order valence-electron chi connectivity index (χ3n) is 4.60. The topological polar surface area (TPSA) is 39.7 Å². The second kappa shape index (κ2) is 10.8. The van der Waals surface area contributed by atoms with Gasteiger partial charge in [0.25, 0.3) is 0 Å². The highest BCUT2D eigenvalue weighted by molar-refractivity contribution is 5.31. The van der Waals surface area contributed by atoms with Gasteiger partial charge in [-0.25, -0.2) is 0 Å². The zero-order chi connectivity index (χ0) is 17.9. The molecular formula is C22H29NO3. The molecule has 4 nitrogen and oxygen atoms in total.